The Labute approximate surface area is 245 Å². The predicted octanol–water partition coefficient (Wildman–Crippen LogP) is 2.96. The van der Waals surface area contributed by atoms with Crippen LogP contribution in [-0.4, -0.2) is 77.4 Å². The molecule has 12 nitrogen and oxygen atoms in total. The van der Waals surface area contributed by atoms with Crippen LogP contribution in [0.5, 0.6) is 5.75 Å². The van der Waals surface area contributed by atoms with E-state index in [-0.39, 0.29) is 42.7 Å². The number of carbonyl (C=O) groups is 2. The van der Waals surface area contributed by atoms with Crippen LogP contribution in [0.4, 0.5) is 20.3 Å². The van der Waals surface area contributed by atoms with Crippen LogP contribution in [0, 0.1) is 11.6 Å². The molecule has 0 bridgehead atoms. The maximum Gasteiger partial charge on any atom is 0.272 e. The molecule has 0 radical (unpaired) electrons. The van der Waals surface area contributed by atoms with Gasteiger partial charge in [0.2, 0.25) is 10.0 Å². The van der Waals surface area contributed by atoms with E-state index in [2.05, 4.69) is 30.7 Å². The van der Waals surface area contributed by atoms with E-state index in [1.165, 1.54) is 6.07 Å². The molecule has 0 spiro atoms. The van der Waals surface area contributed by atoms with Crippen LogP contribution in [-0.2, 0) is 23.0 Å². The molecular formula is C28H27F2N7O5S. The molecule has 43 heavy (non-hydrogen) atoms. The summed E-state index contributed by atoms with van der Waals surface area (Å²) in [4.78, 5) is 30.8. The zero-order valence-corrected chi connectivity index (χ0v) is 23.7. The number of rotatable bonds is 8. The molecule has 15 heteroatoms. The predicted molar refractivity (Wildman–Crippen MR) is 151 cm³/mol. The number of anilines is 2. The lowest BCUT2D eigenvalue weighted by Crippen LogP contribution is -2.51. The van der Waals surface area contributed by atoms with Crippen LogP contribution in [0.2, 0.25) is 0 Å². The van der Waals surface area contributed by atoms with Gasteiger partial charge in [-0.25, -0.2) is 17.2 Å². The highest BCUT2D eigenvalue weighted by Crippen LogP contribution is 2.31. The maximum absolute atomic E-state index is 13.8. The summed E-state index contributed by atoms with van der Waals surface area (Å²) >= 11 is 0. The molecule has 4 aromatic rings. The van der Waals surface area contributed by atoms with Gasteiger partial charge in [-0.1, -0.05) is 0 Å². The molecule has 6 rings (SSSR count). The number of benzene rings is 2. The molecule has 1 fully saturated rings. The fourth-order valence-corrected chi connectivity index (χ4v) is 6.50. The maximum atomic E-state index is 13.8. The van der Waals surface area contributed by atoms with Gasteiger partial charge in [0, 0.05) is 62.2 Å². The number of sulfonamides is 1. The van der Waals surface area contributed by atoms with Gasteiger partial charge >= 0.3 is 0 Å². The lowest BCUT2D eigenvalue weighted by molar-refractivity contribution is 0.0389. The van der Waals surface area contributed by atoms with Crippen molar-refractivity contribution >= 4 is 33.3 Å². The Bertz CT molecular complexity index is 1780. The van der Waals surface area contributed by atoms with Crippen LogP contribution in [0.25, 0.3) is 0 Å². The number of ether oxygens (including phenoxy) is 1. The number of nitrogens with zero attached hydrogens (tertiary/aromatic N) is 3. The van der Waals surface area contributed by atoms with E-state index in [0.717, 1.165) is 29.5 Å². The average Bonchev–Trinajstić information content (AvgIpc) is 3.62. The SMILES string of the molecule is CN1CC(Oc2ccc(C(=O)Nc3n[nH]c4c3CN(S(=O)(=O)c3cc(F)cc(F)c3)CC4)c(NC(=O)c3ccc[nH]3)c2)C1. The summed E-state index contributed by atoms with van der Waals surface area (Å²) in [5.41, 5.74) is 1.63. The molecule has 0 atom stereocenters. The first-order valence-electron chi connectivity index (χ1n) is 13.3. The minimum Gasteiger partial charge on any atom is -0.488 e. The quantitative estimate of drug-likeness (QED) is 0.239. The van der Waals surface area contributed by atoms with Crippen LogP contribution in [0.15, 0.2) is 59.6 Å². The Morgan fingerprint density at radius 3 is 2.51 bits per heavy atom. The Morgan fingerprint density at radius 2 is 1.81 bits per heavy atom. The molecule has 4 N–H and O–H groups in total. The number of hydrogen-bond acceptors (Lipinski definition) is 7. The minimum absolute atomic E-state index is 0.0182. The highest BCUT2D eigenvalue weighted by molar-refractivity contribution is 7.89. The standard InChI is InChI=1S/C28H27F2N7O5S/c1-36-13-19(14-36)42-18-4-5-21(25(12-18)32-28(39)24-3-2-7-31-24)27(38)33-26-22-15-37(8-6-23(22)34-35-26)43(40,41)20-10-16(29)9-17(30)11-20/h2-5,7,9-12,19,31H,6,8,13-15H2,1H3,(H,32,39)(H2,33,34,35,38). The molecule has 1 saturated heterocycles. The van der Waals surface area contributed by atoms with E-state index < -0.39 is 38.4 Å². The zero-order valence-electron chi connectivity index (χ0n) is 22.9. The summed E-state index contributed by atoms with van der Waals surface area (Å²) in [6.45, 7) is 1.34. The second-order valence-corrected chi connectivity index (χ2v) is 12.3. The second kappa shape index (κ2) is 11.2. The second-order valence-electron chi connectivity index (χ2n) is 10.4. The van der Waals surface area contributed by atoms with Crippen molar-refractivity contribution in [2.45, 2.75) is 24.0 Å². The van der Waals surface area contributed by atoms with Gasteiger partial charge < -0.3 is 20.4 Å². The molecule has 2 aliphatic rings. The Hall–Kier alpha value is -4.60. The van der Waals surface area contributed by atoms with E-state index in [0.29, 0.717) is 28.8 Å². The zero-order chi connectivity index (χ0) is 30.3. The van der Waals surface area contributed by atoms with Crippen molar-refractivity contribution in [3.8, 4) is 5.75 Å². The lowest BCUT2D eigenvalue weighted by atomic mass is 10.1. The normalized spacial score (nSPS) is 15.9. The van der Waals surface area contributed by atoms with Gasteiger partial charge in [0.15, 0.2) is 5.82 Å². The molecule has 224 valence electrons. The summed E-state index contributed by atoms with van der Waals surface area (Å²) in [6, 6.07) is 10.1. The molecule has 2 aromatic heterocycles. The third-order valence-corrected chi connectivity index (χ3v) is 9.09. The van der Waals surface area contributed by atoms with Gasteiger partial charge in [0.05, 0.1) is 16.1 Å². The fourth-order valence-electron chi connectivity index (χ4n) is 5.05. The van der Waals surface area contributed by atoms with E-state index in [1.807, 2.05) is 7.05 Å². The third kappa shape index (κ3) is 5.86. The smallest absolute Gasteiger partial charge is 0.272 e. The van der Waals surface area contributed by atoms with E-state index in [1.54, 1.807) is 30.5 Å². The van der Waals surface area contributed by atoms with Gasteiger partial charge in [-0.3, -0.25) is 19.6 Å². The van der Waals surface area contributed by atoms with Crippen LogP contribution >= 0.6 is 0 Å². The molecule has 0 saturated carbocycles. The van der Waals surface area contributed by atoms with Crippen molar-refractivity contribution in [1.82, 2.24) is 24.4 Å². The van der Waals surface area contributed by atoms with E-state index in [4.69, 9.17) is 4.74 Å². The first kappa shape index (κ1) is 28.5. The number of amides is 2. The number of hydrogen-bond donors (Lipinski definition) is 4. The van der Waals surface area contributed by atoms with Gasteiger partial charge in [-0.05, 0) is 43.4 Å². The van der Waals surface area contributed by atoms with E-state index >= 15 is 0 Å². The molecule has 2 aromatic carbocycles. The van der Waals surface area contributed by atoms with Gasteiger partial charge in [-0.2, -0.15) is 9.40 Å². The van der Waals surface area contributed by atoms with Crippen molar-refractivity contribution in [3.05, 3.63) is 88.9 Å². The molecule has 2 amide bonds. The van der Waals surface area contributed by atoms with Crippen LogP contribution in [0.3, 0.4) is 0 Å². The third-order valence-electron chi connectivity index (χ3n) is 7.26. The van der Waals surface area contributed by atoms with Gasteiger partial charge in [0.1, 0.15) is 29.2 Å². The Morgan fingerprint density at radius 1 is 1.05 bits per heavy atom. The number of nitrogens with one attached hydrogen (secondary N) is 4. The summed E-state index contributed by atoms with van der Waals surface area (Å²) < 4.78 is 61.0. The average molecular weight is 612 g/mol. The lowest BCUT2D eigenvalue weighted by Gasteiger charge is -2.36. The van der Waals surface area contributed by atoms with Crippen LogP contribution in [0.1, 0.15) is 32.1 Å². The van der Waals surface area contributed by atoms with Gasteiger partial charge in [-0.15, -0.1) is 0 Å². The monoisotopic (exact) mass is 611 g/mol. The summed E-state index contributed by atoms with van der Waals surface area (Å²) in [5, 5.41) is 12.4. The molecule has 2 aliphatic heterocycles. The highest BCUT2D eigenvalue weighted by Gasteiger charge is 2.32. The number of halogens is 2. The number of likely N-dealkylation sites (N-methyl/N-ethyl adjacent to an activating group) is 1. The fraction of sp³-hybridized carbons (Fsp3) is 0.250. The highest BCUT2D eigenvalue weighted by atomic mass is 32.2. The number of H-pyrrole nitrogens is 2. The Kier molecular flexibility index (Phi) is 7.45. The van der Waals surface area contributed by atoms with Crippen LogP contribution < -0.4 is 15.4 Å². The number of fused-ring (bicyclic) bond motifs is 1. The van der Waals surface area contributed by atoms with Crippen molar-refractivity contribution < 1.29 is 31.5 Å². The van der Waals surface area contributed by atoms with Crippen molar-refractivity contribution in [1.29, 1.82) is 0 Å². The first-order chi connectivity index (χ1) is 20.6. The number of aromatic nitrogens is 3. The Balaban J connectivity index is 1.24. The minimum atomic E-state index is -4.25. The number of likely N-dealkylation sites (tertiary alicyclic amines) is 1. The molecule has 4 heterocycles. The summed E-state index contributed by atoms with van der Waals surface area (Å²) in [5.74, 6) is -2.54. The largest absolute Gasteiger partial charge is 0.488 e. The first-order valence-corrected chi connectivity index (χ1v) is 14.8. The van der Waals surface area contributed by atoms with Crippen molar-refractivity contribution in [2.75, 3.05) is 37.3 Å². The summed E-state index contributed by atoms with van der Waals surface area (Å²) in [6.07, 6.45) is 1.81. The number of aromatic amines is 2. The summed E-state index contributed by atoms with van der Waals surface area (Å²) in [7, 11) is -2.28. The van der Waals surface area contributed by atoms with Gasteiger partial charge in [0.25, 0.3) is 11.8 Å². The van der Waals surface area contributed by atoms with Crippen molar-refractivity contribution in [2.24, 2.45) is 0 Å². The topological polar surface area (TPSA) is 153 Å². The molecule has 0 aliphatic carbocycles. The molecular weight excluding hydrogens is 584 g/mol. The molecule has 0 unspecified atom stereocenters. The van der Waals surface area contributed by atoms with E-state index in [9.17, 15) is 26.8 Å². The van der Waals surface area contributed by atoms with Crippen molar-refractivity contribution in [3.63, 3.8) is 0 Å². The number of carbonyl (C=O) groups excluding carboxylic acids is 2.